The van der Waals surface area contributed by atoms with Crippen LogP contribution in [0, 0.1) is 12.3 Å². The number of aliphatic imine (C=N–C) groups is 1. The smallest absolute Gasteiger partial charge is 0.191 e. The maximum Gasteiger partial charge on any atom is 0.191 e. The van der Waals surface area contributed by atoms with Gasteiger partial charge in [-0.15, -0.1) is 0 Å². The van der Waals surface area contributed by atoms with Crippen LogP contribution in [0.1, 0.15) is 25.0 Å². The van der Waals surface area contributed by atoms with Crippen molar-refractivity contribution in [1.29, 1.82) is 0 Å². The Morgan fingerprint density at radius 1 is 1.28 bits per heavy atom. The molecule has 0 atom stereocenters. The zero-order chi connectivity index (χ0) is 18.1. The SMILES string of the molecule is CCNC(=NCc1ccc(C)cc1OCCOC)NCC1(C)COC1. The van der Waals surface area contributed by atoms with Gasteiger partial charge in [0.15, 0.2) is 5.96 Å². The maximum absolute atomic E-state index is 5.84. The maximum atomic E-state index is 5.84. The summed E-state index contributed by atoms with van der Waals surface area (Å²) in [5, 5.41) is 6.71. The van der Waals surface area contributed by atoms with Gasteiger partial charge in [-0.3, -0.25) is 0 Å². The molecular weight excluding hydrogens is 318 g/mol. The highest BCUT2D eigenvalue weighted by molar-refractivity contribution is 5.79. The van der Waals surface area contributed by atoms with Crippen LogP contribution >= 0.6 is 0 Å². The molecule has 25 heavy (non-hydrogen) atoms. The highest BCUT2D eigenvalue weighted by Gasteiger charge is 2.33. The topological polar surface area (TPSA) is 64.1 Å². The zero-order valence-corrected chi connectivity index (χ0v) is 15.9. The van der Waals surface area contributed by atoms with Gasteiger partial charge in [-0.25, -0.2) is 4.99 Å². The summed E-state index contributed by atoms with van der Waals surface area (Å²) in [4.78, 5) is 4.71. The third-order valence-corrected chi connectivity index (χ3v) is 4.10. The molecule has 0 saturated carbocycles. The van der Waals surface area contributed by atoms with Crippen LogP contribution < -0.4 is 15.4 Å². The van der Waals surface area contributed by atoms with Gasteiger partial charge in [-0.05, 0) is 25.5 Å². The Hall–Kier alpha value is -1.79. The predicted molar refractivity (Wildman–Crippen MR) is 100 cm³/mol. The molecule has 0 bridgehead atoms. The van der Waals surface area contributed by atoms with Crippen molar-refractivity contribution in [3.63, 3.8) is 0 Å². The van der Waals surface area contributed by atoms with Gasteiger partial charge in [-0.1, -0.05) is 19.1 Å². The van der Waals surface area contributed by atoms with Crippen LogP contribution in [0.4, 0.5) is 0 Å². The van der Waals surface area contributed by atoms with Gasteiger partial charge in [0.1, 0.15) is 12.4 Å². The summed E-state index contributed by atoms with van der Waals surface area (Å²) in [6, 6.07) is 6.21. The molecule has 0 aromatic heterocycles. The molecule has 1 aliphatic rings. The summed E-state index contributed by atoms with van der Waals surface area (Å²) in [6.07, 6.45) is 0. The molecule has 1 fully saturated rings. The average molecular weight is 349 g/mol. The van der Waals surface area contributed by atoms with Crippen molar-refractivity contribution in [3.05, 3.63) is 29.3 Å². The molecule has 2 N–H and O–H groups in total. The van der Waals surface area contributed by atoms with Crippen molar-refractivity contribution in [2.75, 3.05) is 46.6 Å². The van der Waals surface area contributed by atoms with E-state index in [0.29, 0.717) is 19.8 Å². The molecule has 0 radical (unpaired) electrons. The Labute approximate surface area is 151 Å². The monoisotopic (exact) mass is 349 g/mol. The molecular formula is C19H31N3O3. The number of benzene rings is 1. The second-order valence-electron chi connectivity index (χ2n) is 6.80. The lowest BCUT2D eigenvalue weighted by Crippen LogP contribution is -2.51. The van der Waals surface area contributed by atoms with Crippen LogP contribution in [-0.2, 0) is 16.0 Å². The van der Waals surface area contributed by atoms with E-state index in [1.165, 1.54) is 5.56 Å². The summed E-state index contributed by atoms with van der Waals surface area (Å²) in [7, 11) is 1.67. The zero-order valence-electron chi connectivity index (χ0n) is 15.9. The van der Waals surface area contributed by atoms with Gasteiger partial charge >= 0.3 is 0 Å². The number of nitrogens with one attached hydrogen (secondary N) is 2. The molecule has 1 aromatic rings. The van der Waals surface area contributed by atoms with E-state index in [2.05, 4.69) is 43.5 Å². The third-order valence-electron chi connectivity index (χ3n) is 4.10. The van der Waals surface area contributed by atoms with Gasteiger partial charge < -0.3 is 24.8 Å². The van der Waals surface area contributed by atoms with Gasteiger partial charge in [0.05, 0.1) is 26.4 Å². The van der Waals surface area contributed by atoms with Crippen LogP contribution in [0.5, 0.6) is 5.75 Å². The van der Waals surface area contributed by atoms with Crippen molar-refractivity contribution >= 4 is 5.96 Å². The second kappa shape index (κ2) is 9.63. The minimum Gasteiger partial charge on any atom is -0.491 e. The van der Waals surface area contributed by atoms with Gasteiger partial charge in [0.2, 0.25) is 0 Å². The van der Waals surface area contributed by atoms with Gasteiger partial charge in [-0.2, -0.15) is 0 Å². The first-order chi connectivity index (χ1) is 12.1. The Morgan fingerprint density at radius 2 is 2.08 bits per heavy atom. The van der Waals surface area contributed by atoms with Crippen LogP contribution in [0.3, 0.4) is 0 Å². The molecule has 1 saturated heterocycles. The largest absolute Gasteiger partial charge is 0.491 e. The number of rotatable bonds is 9. The average Bonchev–Trinajstić information content (AvgIpc) is 2.57. The number of ether oxygens (including phenoxy) is 3. The van der Waals surface area contributed by atoms with Crippen LogP contribution in [-0.4, -0.2) is 52.6 Å². The Morgan fingerprint density at radius 3 is 2.72 bits per heavy atom. The second-order valence-corrected chi connectivity index (χ2v) is 6.80. The first kappa shape index (κ1) is 19.5. The van der Waals surface area contributed by atoms with Gasteiger partial charge in [0, 0.05) is 31.2 Å². The molecule has 1 aliphatic heterocycles. The molecule has 2 rings (SSSR count). The van der Waals surface area contributed by atoms with E-state index in [-0.39, 0.29) is 5.41 Å². The lowest BCUT2D eigenvalue weighted by molar-refractivity contribution is -0.0971. The van der Waals surface area contributed by atoms with Gasteiger partial charge in [0.25, 0.3) is 0 Å². The van der Waals surface area contributed by atoms with Crippen LogP contribution in [0.15, 0.2) is 23.2 Å². The number of methoxy groups -OCH3 is 1. The lowest BCUT2D eigenvalue weighted by atomic mass is 9.89. The van der Waals surface area contributed by atoms with Crippen LogP contribution in [0.25, 0.3) is 0 Å². The summed E-state index contributed by atoms with van der Waals surface area (Å²) >= 11 is 0. The molecule has 1 aromatic carbocycles. The number of hydrogen-bond acceptors (Lipinski definition) is 4. The molecule has 0 spiro atoms. The van der Waals surface area contributed by atoms with E-state index in [4.69, 9.17) is 19.2 Å². The fourth-order valence-electron chi connectivity index (χ4n) is 2.52. The molecule has 1 heterocycles. The Balaban J connectivity index is 2.00. The Kier molecular flexibility index (Phi) is 7.52. The molecule has 0 amide bonds. The normalized spacial score (nSPS) is 16.2. The lowest BCUT2D eigenvalue weighted by Gasteiger charge is -2.38. The van der Waals surface area contributed by atoms with Crippen molar-refractivity contribution < 1.29 is 14.2 Å². The van der Waals surface area contributed by atoms with Crippen molar-refractivity contribution in [1.82, 2.24) is 10.6 Å². The number of aryl methyl sites for hydroxylation is 1. The molecule has 6 heteroatoms. The van der Waals surface area contributed by atoms with Crippen molar-refractivity contribution in [2.24, 2.45) is 10.4 Å². The fraction of sp³-hybridized carbons (Fsp3) is 0.632. The number of hydrogen-bond donors (Lipinski definition) is 2. The number of guanidine groups is 1. The quantitative estimate of drug-likeness (QED) is 0.406. The van der Waals surface area contributed by atoms with Crippen molar-refractivity contribution in [2.45, 2.75) is 27.3 Å². The first-order valence-electron chi connectivity index (χ1n) is 8.87. The molecule has 6 nitrogen and oxygen atoms in total. The van der Waals surface area contributed by atoms with E-state index < -0.39 is 0 Å². The predicted octanol–water partition coefficient (Wildman–Crippen LogP) is 2.11. The molecule has 0 unspecified atom stereocenters. The van der Waals surface area contributed by atoms with E-state index in [9.17, 15) is 0 Å². The molecule has 0 aliphatic carbocycles. The van der Waals surface area contributed by atoms with Crippen LogP contribution in [0.2, 0.25) is 0 Å². The molecule has 140 valence electrons. The summed E-state index contributed by atoms with van der Waals surface area (Å²) in [5.74, 6) is 1.69. The standard InChI is InChI=1S/C19H31N3O3/c1-5-20-18(22-12-19(3)13-24-14-19)21-11-16-7-6-15(2)10-17(16)25-9-8-23-4/h6-7,10H,5,8-9,11-14H2,1-4H3,(H2,20,21,22). The van der Waals surface area contributed by atoms with E-state index in [1.54, 1.807) is 7.11 Å². The fourth-order valence-corrected chi connectivity index (χ4v) is 2.52. The highest BCUT2D eigenvalue weighted by Crippen LogP contribution is 2.25. The highest BCUT2D eigenvalue weighted by atomic mass is 16.5. The number of nitrogens with zero attached hydrogens (tertiary/aromatic N) is 1. The summed E-state index contributed by atoms with van der Waals surface area (Å²) in [6.45, 7) is 11.3. The van der Waals surface area contributed by atoms with Crippen molar-refractivity contribution in [3.8, 4) is 5.75 Å². The third kappa shape index (κ3) is 6.21. The first-order valence-corrected chi connectivity index (χ1v) is 8.87. The Bertz CT molecular complexity index is 571. The summed E-state index contributed by atoms with van der Waals surface area (Å²) in [5.41, 5.74) is 2.44. The minimum absolute atomic E-state index is 0.203. The minimum atomic E-state index is 0.203. The summed E-state index contributed by atoms with van der Waals surface area (Å²) < 4.78 is 16.2. The van der Waals surface area contributed by atoms with E-state index >= 15 is 0 Å². The van der Waals surface area contributed by atoms with E-state index in [1.807, 2.05) is 6.07 Å². The van der Waals surface area contributed by atoms with E-state index in [0.717, 1.165) is 43.6 Å².